The highest BCUT2D eigenvalue weighted by molar-refractivity contribution is 9.10. The molecule has 1 aromatic carbocycles. The first-order valence-electron chi connectivity index (χ1n) is 8.14. The summed E-state index contributed by atoms with van der Waals surface area (Å²) in [4.78, 5) is 28.9. The fourth-order valence-electron chi connectivity index (χ4n) is 2.71. The van der Waals surface area contributed by atoms with Crippen LogP contribution in [-0.2, 0) is 4.74 Å². The molecule has 0 aliphatic rings. The van der Waals surface area contributed by atoms with E-state index in [4.69, 9.17) is 4.74 Å². The number of aromatic nitrogens is 2. The Bertz CT molecular complexity index is 993. The number of nitrogens with one attached hydrogen (secondary N) is 1. The third-order valence-electron chi connectivity index (χ3n) is 3.86. The molecule has 2 heterocycles. The van der Waals surface area contributed by atoms with Crippen molar-refractivity contribution in [2.75, 3.05) is 11.9 Å². The van der Waals surface area contributed by atoms with Crippen LogP contribution in [0.5, 0.6) is 0 Å². The van der Waals surface area contributed by atoms with Crippen LogP contribution in [0.15, 0.2) is 41.0 Å². The molecule has 0 unspecified atom stereocenters. The van der Waals surface area contributed by atoms with E-state index in [0.717, 1.165) is 10.0 Å². The maximum atomic E-state index is 12.8. The first-order valence-corrected chi connectivity index (χ1v) is 8.93. The number of benzene rings is 1. The standard InChI is InChI=1S/C19H18BrN3O3/c1-4-26-19(25)13-5-7-14(8-6-13)22-18(24)16-12(3)21-17-15(20)9-11(2)10-23(16)17/h5-10H,4H2,1-3H3,(H,22,24). The van der Waals surface area contributed by atoms with Gasteiger partial charge in [0.25, 0.3) is 5.91 Å². The Hall–Kier alpha value is -2.67. The van der Waals surface area contributed by atoms with Crippen molar-refractivity contribution in [2.45, 2.75) is 20.8 Å². The second-order valence-corrected chi connectivity index (χ2v) is 6.71. The zero-order valence-electron chi connectivity index (χ0n) is 14.7. The van der Waals surface area contributed by atoms with Crippen LogP contribution in [-0.4, -0.2) is 27.9 Å². The first kappa shape index (κ1) is 18.1. The molecule has 1 N–H and O–H groups in total. The minimum absolute atomic E-state index is 0.267. The van der Waals surface area contributed by atoms with Crippen LogP contribution < -0.4 is 5.32 Å². The van der Waals surface area contributed by atoms with Crippen LogP contribution in [0.25, 0.3) is 5.65 Å². The molecule has 0 aliphatic heterocycles. The Kier molecular flexibility index (Phi) is 5.08. The number of carbonyl (C=O) groups is 2. The Morgan fingerprint density at radius 1 is 1.23 bits per heavy atom. The van der Waals surface area contributed by atoms with Gasteiger partial charge in [-0.05, 0) is 72.6 Å². The highest BCUT2D eigenvalue weighted by Gasteiger charge is 2.18. The second-order valence-electron chi connectivity index (χ2n) is 5.86. The van der Waals surface area contributed by atoms with E-state index in [1.54, 1.807) is 42.5 Å². The minimum atomic E-state index is -0.386. The lowest BCUT2D eigenvalue weighted by molar-refractivity contribution is 0.0526. The Balaban J connectivity index is 1.88. The average Bonchev–Trinajstić information content (AvgIpc) is 2.92. The molecule has 2 aromatic heterocycles. The van der Waals surface area contributed by atoms with Gasteiger partial charge < -0.3 is 10.1 Å². The lowest BCUT2D eigenvalue weighted by atomic mass is 10.2. The number of esters is 1. The van der Waals surface area contributed by atoms with Crippen molar-refractivity contribution in [1.82, 2.24) is 9.38 Å². The van der Waals surface area contributed by atoms with E-state index in [1.807, 2.05) is 19.2 Å². The predicted octanol–water partition coefficient (Wildman–Crippen LogP) is 4.14. The molecule has 0 radical (unpaired) electrons. The number of rotatable bonds is 4. The summed E-state index contributed by atoms with van der Waals surface area (Å²) in [6.07, 6.45) is 1.87. The first-order chi connectivity index (χ1) is 12.4. The molecule has 0 bridgehead atoms. The minimum Gasteiger partial charge on any atom is -0.462 e. The Morgan fingerprint density at radius 2 is 1.92 bits per heavy atom. The zero-order valence-corrected chi connectivity index (χ0v) is 16.3. The fraction of sp³-hybridized carbons (Fsp3) is 0.211. The van der Waals surface area contributed by atoms with Crippen LogP contribution in [0.3, 0.4) is 0 Å². The number of hydrogen-bond donors (Lipinski definition) is 1. The van der Waals surface area contributed by atoms with Gasteiger partial charge in [0.05, 0.1) is 22.3 Å². The molecule has 7 heteroatoms. The van der Waals surface area contributed by atoms with Crippen LogP contribution in [0, 0.1) is 13.8 Å². The van der Waals surface area contributed by atoms with E-state index in [-0.39, 0.29) is 11.9 Å². The molecule has 26 heavy (non-hydrogen) atoms. The summed E-state index contributed by atoms with van der Waals surface area (Å²) in [6.45, 7) is 5.83. The maximum absolute atomic E-state index is 12.8. The van der Waals surface area contributed by atoms with E-state index in [1.165, 1.54) is 0 Å². The number of amides is 1. The quantitative estimate of drug-likeness (QED) is 0.649. The van der Waals surface area contributed by atoms with Crippen LogP contribution in [0.1, 0.15) is 39.0 Å². The van der Waals surface area contributed by atoms with Crippen LogP contribution in [0.4, 0.5) is 5.69 Å². The van der Waals surface area contributed by atoms with Crippen LogP contribution in [0.2, 0.25) is 0 Å². The molecule has 3 aromatic rings. The number of pyridine rings is 1. The molecule has 0 aliphatic carbocycles. The summed E-state index contributed by atoms with van der Waals surface area (Å²) in [7, 11) is 0. The van der Waals surface area contributed by atoms with Gasteiger partial charge in [0.1, 0.15) is 5.69 Å². The lowest BCUT2D eigenvalue weighted by Crippen LogP contribution is -2.16. The number of nitrogens with zero attached hydrogens (tertiary/aromatic N) is 2. The van der Waals surface area contributed by atoms with Crippen LogP contribution >= 0.6 is 15.9 Å². The van der Waals surface area contributed by atoms with Crippen molar-refractivity contribution < 1.29 is 14.3 Å². The number of aryl methyl sites for hydroxylation is 2. The van der Waals surface area contributed by atoms with Gasteiger partial charge in [0.2, 0.25) is 0 Å². The van der Waals surface area contributed by atoms with Gasteiger partial charge in [-0.2, -0.15) is 0 Å². The van der Waals surface area contributed by atoms with E-state index in [9.17, 15) is 9.59 Å². The molecule has 0 saturated carbocycles. The van der Waals surface area contributed by atoms with E-state index >= 15 is 0 Å². The average molecular weight is 416 g/mol. The number of imidazole rings is 1. The van der Waals surface area contributed by atoms with Crippen molar-refractivity contribution in [1.29, 1.82) is 0 Å². The summed E-state index contributed by atoms with van der Waals surface area (Å²) in [5, 5.41) is 2.85. The third-order valence-corrected chi connectivity index (χ3v) is 4.44. The fourth-order valence-corrected chi connectivity index (χ4v) is 3.35. The SMILES string of the molecule is CCOC(=O)c1ccc(NC(=O)c2c(C)nc3c(Br)cc(C)cn23)cc1. The summed E-state index contributed by atoms with van der Waals surface area (Å²) in [6, 6.07) is 8.54. The van der Waals surface area contributed by atoms with Crippen molar-refractivity contribution in [3.63, 3.8) is 0 Å². The molecule has 0 fully saturated rings. The normalized spacial score (nSPS) is 10.8. The van der Waals surface area contributed by atoms with Gasteiger partial charge in [-0.25, -0.2) is 9.78 Å². The molecule has 134 valence electrons. The second kappa shape index (κ2) is 7.29. The number of hydrogen-bond acceptors (Lipinski definition) is 4. The summed E-state index contributed by atoms with van der Waals surface area (Å²) >= 11 is 3.49. The maximum Gasteiger partial charge on any atom is 0.338 e. The molecular formula is C19H18BrN3O3. The van der Waals surface area contributed by atoms with Crippen molar-refractivity contribution in [3.8, 4) is 0 Å². The molecule has 3 rings (SSSR count). The number of carbonyl (C=O) groups excluding carboxylic acids is 2. The number of ether oxygens (including phenoxy) is 1. The monoisotopic (exact) mass is 415 g/mol. The molecule has 6 nitrogen and oxygen atoms in total. The van der Waals surface area contributed by atoms with Gasteiger partial charge in [-0.1, -0.05) is 0 Å². The van der Waals surface area contributed by atoms with Gasteiger partial charge in [-0.3, -0.25) is 9.20 Å². The largest absolute Gasteiger partial charge is 0.462 e. The van der Waals surface area contributed by atoms with Crippen molar-refractivity contribution in [3.05, 3.63) is 63.5 Å². The molecule has 0 saturated heterocycles. The highest BCUT2D eigenvalue weighted by atomic mass is 79.9. The summed E-state index contributed by atoms with van der Waals surface area (Å²) < 4.78 is 7.56. The topological polar surface area (TPSA) is 72.7 Å². The predicted molar refractivity (Wildman–Crippen MR) is 103 cm³/mol. The van der Waals surface area contributed by atoms with Gasteiger partial charge >= 0.3 is 5.97 Å². The van der Waals surface area contributed by atoms with Crippen molar-refractivity contribution in [2.24, 2.45) is 0 Å². The lowest BCUT2D eigenvalue weighted by Gasteiger charge is -2.08. The molecular weight excluding hydrogens is 398 g/mol. The summed E-state index contributed by atoms with van der Waals surface area (Å²) in [5.41, 5.74) is 3.83. The Labute approximate surface area is 159 Å². The molecule has 1 amide bonds. The molecule has 0 spiro atoms. The third kappa shape index (κ3) is 3.48. The Morgan fingerprint density at radius 3 is 2.58 bits per heavy atom. The van der Waals surface area contributed by atoms with E-state index in [2.05, 4.69) is 26.2 Å². The highest BCUT2D eigenvalue weighted by Crippen LogP contribution is 2.23. The number of fused-ring (bicyclic) bond motifs is 1. The number of anilines is 1. The van der Waals surface area contributed by atoms with E-state index in [0.29, 0.717) is 34.9 Å². The summed E-state index contributed by atoms with van der Waals surface area (Å²) in [5.74, 6) is -0.653. The van der Waals surface area contributed by atoms with Gasteiger partial charge in [0.15, 0.2) is 5.65 Å². The van der Waals surface area contributed by atoms with Gasteiger partial charge in [0, 0.05) is 11.9 Å². The number of halogens is 1. The smallest absolute Gasteiger partial charge is 0.338 e. The molecule has 0 atom stereocenters. The van der Waals surface area contributed by atoms with Gasteiger partial charge in [-0.15, -0.1) is 0 Å². The van der Waals surface area contributed by atoms with Crippen molar-refractivity contribution >= 4 is 39.1 Å². The van der Waals surface area contributed by atoms with E-state index < -0.39 is 0 Å². The zero-order chi connectivity index (χ0) is 18.8.